The minimum Gasteiger partial charge on any atom is -0.459 e. The number of morpholine rings is 1. The molecule has 0 radical (unpaired) electrons. The molecule has 6 unspecified atom stereocenters. The van der Waals surface area contributed by atoms with Gasteiger partial charge in [-0.15, -0.1) is 0 Å². The molecule has 5 aliphatic rings. The fourth-order valence-corrected chi connectivity index (χ4v) is 7.52. The molecular formula is C20H29NO9S. The number of hydrogen-bond acceptors (Lipinski definition) is 10. The lowest BCUT2D eigenvalue weighted by atomic mass is 9.84. The van der Waals surface area contributed by atoms with E-state index in [9.17, 15) is 18.0 Å². The van der Waals surface area contributed by atoms with Crippen LogP contribution in [0.3, 0.4) is 0 Å². The minimum atomic E-state index is -4.03. The van der Waals surface area contributed by atoms with Gasteiger partial charge in [-0.3, -0.25) is 18.7 Å². The molecule has 4 saturated heterocycles. The zero-order valence-corrected chi connectivity index (χ0v) is 18.4. The highest BCUT2D eigenvalue weighted by Crippen LogP contribution is 2.52. The maximum absolute atomic E-state index is 13.2. The zero-order chi connectivity index (χ0) is 21.8. The molecule has 0 aromatic heterocycles. The Kier molecular flexibility index (Phi) is 5.53. The van der Waals surface area contributed by atoms with E-state index in [1.165, 1.54) is 0 Å². The predicted molar refractivity (Wildman–Crippen MR) is 104 cm³/mol. The number of carbonyl (C=O) groups is 2. The highest BCUT2D eigenvalue weighted by Gasteiger charge is 2.74. The average Bonchev–Trinajstić information content (AvgIpc) is 3.46. The van der Waals surface area contributed by atoms with Crippen LogP contribution in [0.4, 0.5) is 0 Å². The Morgan fingerprint density at radius 2 is 1.81 bits per heavy atom. The number of fused-ring (bicyclic) bond motifs is 1. The molecule has 0 aromatic rings. The van der Waals surface area contributed by atoms with E-state index in [0.717, 1.165) is 25.7 Å². The SMILES string of the molecule is CCC1(OC(=O)C2C3OC4C(OS(=O)(=O)C42)C3OC(=O)CN2CCOCC2)CCCC1. The molecule has 2 bridgehead atoms. The molecule has 6 atom stereocenters. The lowest BCUT2D eigenvalue weighted by molar-refractivity contribution is -0.173. The quantitative estimate of drug-likeness (QED) is 0.396. The number of rotatable bonds is 6. The maximum Gasteiger partial charge on any atom is 0.320 e. The van der Waals surface area contributed by atoms with Crippen LogP contribution in [0.25, 0.3) is 0 Å². The second kappa shape index (κ2) is 7.95. The fraction of sp³-hybridized carbons (Fsp3) is 0.900. The molecule has 0 amide bonds. The van der Waals surface area contributed by atoms with E-state index in [1.807, 2.05) is 11.8 Å². The molecule has 5 fully saturated rings. The van der Waals surface area contributed by atoms with Gasteiger partial charge in [0.25, 0.3) is 10.1 Å². The molecule has 1 aliphatic carbocycles. The molecule has 5 rings (SSSR count). The van der Waals surface area contributed by atoms with Gasteiger partial charge in [-0.05, 0) is 32.1 Å². The van der Waals surface area contributed by atoms with Gasteiger partial charge in [-0.25, -0.2) is 0 Å². The third-order valence-corrected chi connectivity index (χ3v) is 9.09. The summed E-state index contributed by atoms with van der Waals surface area (Å²) in [5.41, 5.74) is -0.552. The Hall–Kier alpha value is -1.27. The van der Waals surface area contributed by atoms with Crippen molar-refractivity contribution >= 4 is 22.1 Å². The first-order valence-corrected chi connectivity index (χ1v) is 12.6. The molecule has 0 N–H and O–H groups in total. The van der Waals surface area contributed by atoms with Crippen LogP contribution in [-0.4, -0.2) is 93.4 Å². The highest BCUT2D eigenvalue weighted by molar-refractivity contribution is 7.87. The van der Waals surface area contributed by atoms with Crippen LogP contribution < -0.4 is 0 Å². The number of carbonyl (C=O) groups excluding carboxylic acids is 2. The molecular weight excluding hydrogens is 430 g/mol. The first-order chi connectivity index (χ1) is 14.8. The largest absolute Gasteiger partial charge is 0.459 e. The number of esters is 2. The normalized spacial score (nSPS) is 40.2. The molecule has 4 heterocycles. The van der Waals surface area contributed by atoms with Crippen molar-refractivity contribution in [3.63, 3.8) is 0 Å². The van der Waals surface area contributed by atoms with Crippen molar-refractivity contribution in [1.82, 2.24) is 4.90 Å². The van der Waals surface area contributed by atoms with Gasteiger partial charge >= 0.3 is 11.9 Å². The Labute approximate surface area is 181 Å². The lowest BCUT2D eigenvalue weighted by Gasteiger charge is -2.33. The predicted octanol–water partition coefficient (Wildman–Crippen LogP) is -0.00920. The zero-order valence-electron chi connectivity index (χ0n) is 17.6. The van der Waals surface area contributed by atoms with Gasteiger partial charge in [0.15, 0.2) is 6.10 Å². The summed E-state index contributed by atoms with van der Waals surface area (Å²) in [6.45, 7) is 4.36. The van der Waals surface area contributed by atoms with Crippen LogP contribution in [-0.2, 0) is 42.8 Å². The summed E-state index contributed by atoms with van der Waals surface area (Å²) in [5.74, 6) is -2.15. The van der Waals surface area contributed by atoms with Crippen molar-refractivity contribution in [3.05, 3.63) is 0 Å². The third-order valence-electron chi connectivity index (χ3n) is 7.37. The standard InChI is InChI=1S/C20H29NO9S/c1-2-20(5-3-4-6-20)29-19(23)13-14-15(16-17(28-14)18(13)31(24,25)30-16)27-12(22)11-21-7-9-26-10-8-21/h13-18H,2-11H2,1H3. The van der Waals surface area contributed by atoms with E-state index in [2.05, 4.69) is 0 Å². The van der Waals surface area contributed by atoms with Crippen LogP contribution >= 0.6 is 0 Å². The summed E-state index contributed by atoms with van der Waals surface area (Å²) in [6, 6.07) is 0. The Balaban J connectivity index is 1.32. The third kappa shape index (κ3) is 3.68. The van der Waals surface area contributed by atoms with E-state index in [4.69, 9.17) is 23.1 Å². The summed E-state index contributed by atoms with van der Waals surface area (Å²) in [4.78, 5) is 27.7. The smallest absolute Gasteiger partial charge is 0.320 e. The number of ether oxygens (including phenoxy) is 4. The highest BCUT2D eigenvalue weighted by atomic mass is 32.2. The summed E-state index contributed by atoms with van der Waals surface area (Å²) in [5, 5.41) is -1.11. The van der Waals surface area contributed by atoms with Crippen molar-refractivity contribution < 1.29 is 41.1 Å². The van der Waals surface area contributed by atoms with Crippen molar-refractivity contribution in [1.29, 1.82) is 0 Å². The molecule has 4 aliphatic heterocycles. The van der Waals surface area contributed by atoms with Crippen LogP contribution in [0.5, 0.6) is 0 Å². The van der Waals surface area contributed by atoms with Gasteiger partial charge in [0, 0.05) is 13.1 Å². The molecule has 0 aromatic carbocycles. The second-order valence-electron chi connectivity index (χ2n) is 9.12. The first kappa shape index (κ1) is 21.6. The van der Waals surface area contributed by atoms with E-state index < -0.39 is 63.2 Å². The number of nitrogens with zero attached hydrogens (tertiary/aromatic N) is 1. The van der Waals surface area contributed by atoms with Crippen LogP contribution in [0.15, 0.2) is 0 Å². The monoisotopic (exact) mass is 459 g/mol. The molecule has 0 spiro atoms. The van der Waals surface area contributed by atoms with E-state index in [1.54, 1.807) is 0 Å². The van der Waals surface area contributed by atoms with Gasteiger partial charge in [-0.2, -0.15) is 8.42 Å². The summed E-state index contributed by atoms with van der Waals surface area (Å²) >= 11 is 0. The molecule has 10 nitrogen and oxygen atoms in total. The lowest BCUT2D eigenvalue weighted by Crippen LogP contribution is -2.52. The maximum atomic E-state index is 13.2. The molecule has 31 heavy (non-hydrogen) atoms. The van der Waals surface area contributed by atoms with Gasteiger partial charge in [-0.1, -0.05) is 6.92 Å². The summed E-state index contributed by atoms with van der Waals surface area (Å²) in [6.07, 6.45) is 0.594. The molecule has 174 valence electrons. The Morgan fingerprint density at radius 1 is 1.10 bits per heavy atom. The van der Waals surface area contributed by atoms with Gasteiger partial charge in [0.1, 0.15) is 35.1 Å². The van der Waals surface area contributed by atoms with E-state index in [-0.39, 0.29) is 6.54 Å². The van der Waals surface area contributed by atoms with Crippen LogP contribution in [0, 0.1) is 5.92 Å². The van der Waals surface area contributed by atoms with E-state index >= 15 is 0 Å². The summed E-state index contributed by atoms with van der Waals surface area (Å²) in [7, 11) is -4.03. The van der Waals surface area contributed by atoms with Crippen LogP contribution in [0.1, 0.15) is 39.0 Å². The van der Waals surface area contributed by atoms with Crippen molar-refractivity contribution in [2.45, 2.75) is 74.3 Å². The average molecular weight is 460 g/mol. The van der Waals surface area contributed by atoms with Crippen LogP contribution in [0.2, 0.25) is 0 Å². The fourth-order valence-electron chi connectivity index (χ4n) is 5.69. The van der Waals surface area contributed by atoms with Crippen molar-refractivity contribution in [2.75, 3.05) is 32.8 Å². The van der Waals surface area contributed by atoms with Gasteiger partial charge in [0.05, 0.1) is 19.8 Å². The van der Waals surface area contributed by atoms with Crippen molar-refractivity contribution in [2.24, 2.45) is 5.92 Å². The molecule has 1 saturated carbocycles. The Morgan fingerprint density at radius 3 is 2.48 bits per heavy atom. The number of hydrogen-bond donors (Lipinski definition) is 0. The van der Waals surface area contributed by atoms with E-state index in [0.29, 0.717) is 32.7 Å². The van der Waals surface area contributed by atoms with Gasteiger partial charge in [0.2, 0.25) is 0 Å². The summed E-state index contributed by atoms with van der Waals surface area (Å²) < 4.78 is 53.2. The second-order valence-corrected chi connectivity index (χ2v) is 10.8. The molecule has 11 heteroatoms. The topological polar surface area (TPSA) is 118 Å². The van der Waals surface area contributed by atoms with Gasteiger partial charge < -0.3 is 18.9 Å². The minimum absolute atomic E-state index is 0.0637. The Bertz CT molecular complexity index is 834. The van der Waals surface area contributed by atoms with Crippen molar-refractivity contribution in [3.8, 4) is 0 Å². The first-order valence-electron chi connectivity index (χ1n) is 11.1.